The smallest absolute Gasteiger partial charge is 0.326 e. The molecule has 1 aromatic carbocycles. The number of nitrogens with one attached hydrogen (secondary N) is 1. The normalized spacial score (nSPS) is 18.3. The van der Waals surface area contributed by atoms with E-state index in [9.17, 15) is 9.59 Å². The molecule has 0 aliphatic carbocycles. The second-order valence-corrected chi connectivity index (χ2v) is 6.99. The number of hydrogen-bond acceptors (Lipinski definition) is 2. The first-order valence-corrected chi connectivity index (χ1v) is 8.47. The van der Waals surface area contributed by atoms with Crippen molar-refractivity contribution in [2.45, 2.75) is 45.6 Å². The van der Waals surface area contributed by atoms with Crippen LogP contribution in [0.4, 0.5) is 0 Å². The molecular weight excluding hydrogens is 290 g/mol. The number of aromatic nitrogens is 2. The van der Waals surface area contributed by atoms with Crippen LogP contribution in [-0.4, -0.2) is 32.9 Å². The molecule has 1 aliphatic heterocycles. The van der Waals surface area contributed by atoms with Crippen LogP contribution < -0.4 is 5.69 Å². The number of imidazole rings is 1. The fourth-order valence-electron chi connectivity index (χ4n) is 3.45. The van der Waals surface area contributed by atoms with Crippen LogP contribution in [0.5, 0.6) is 0 Å². The van der Waals surface area contributed by atoms with Gasteiger partial charge in [-0.15, -0.1) is 0 Å². The molecule has 23 heavy (non-hydrogen) atoms. The fourth-order valence-corrected chi connectivity index (χ4v) is 3.45. The minimum absolute atomic E-state index is 0.0896. The van der Waals surface area contributed by atoms with Gasteiger partial charge >= 0.3 is 5.69 Å². The molecule has 0 bridgehead atoms. The Kier molecular flexibility index (Phi) is 4.28. The molecule has 0 unspecified atom stereocenters. The van der Waals surface area contributed by atoms with Gasteiger partial charge in [-0.3, -0.25) is 9.36 Å². The zero-order valence-electron chi connectivity index (χ0n) is 14.1. The molecule has 1 amide bonds. The number of carbonyl (C=O) groups excluding carboxylic acids is 1. The van der Waals surface area contributed by atoms with E-state index in [0.717, 1.165) is 43.3 Å². The van der Waals surface area contributed by atoms with Crippen molar-refractivity contribution in [3.05, 3.63) is 34.2 Å². The molecule has 3 rings (SSSR count). The van der Waals surface area contributed by atoms with Crippen molar-refractivity contribution in [1.82, 2.24) is 14.5 Å². The zero-order chi connectivity index (χ0) is 16.6. The van der Waals surface area contributed by atoms with Crippen LogP contribution >= 0.6 is 0 Å². The number of H-pyrrole nitrogens is 1. The maximum absolute atomic E-state index is 12.9. The Labute approximate surface area is 136 Å². The minimum atomic E-state index is -0.152. The van der Waals surface area contributed by atoms with E-state index in [0.29, 0.717) is 17.5 Å². The lowest BCUT2D eigenvalue weighted by Gasteiger charge is -2.25. The number of aromatic amines is 1. The van der Waals surface area contributed by atoms with Crippen LogP contribution in [0.2, 0.25) is 0 Å². The van der Waals surface area contributed by atoms with Gasteiger partial charge in [0.05, 0.1) is 11.0 Å². The summed E-state index contributed by atoms with van der Waals surface area (Å²) in [4.78, 5) is 29.4. The molecule has 1 aromatic heterocycles. The Morgan fingerprint density at radius 1 is 1.39 bits per heavy atom. The Bertz CT molecular complexity index is 772. The van der Waals surface area contributed by atoms with E-state index in [4.69, 9.17) is 0 Å². The highest BCUT2D eigenvalue weighted by Gasteiger charge is 2.29. The Morgan fingerprint density at radius 3 is 2.91 bits per heavy atom. The van der Waals surface area contributed by atoms with Crippen molar-refractivity contribution in [3.63, 3.8) is 0 Å². The van der Waals surface area contributed by atoms with Gasteiger partial charge in [0.1, 0.15) is 0 Å². The van der Waals surface area contributed by atoms with E-state index in [1.807, 2.05) is 23.1 Å². The molecule has 2 heterocycles. The number of benzene rings is 1. The van der Waals surface area contributed by atoms with Gasteiger partial charge < -0.3 is 9.88 Å². The number of hydrogen-bond donors (Lipinski definition) is 1. The van der Waals surface area contributed by atoms with Crippen molar-refractivity contribution in [2.24, 2.45) is 13.0 Å². The zero-order valence-corrected chi connectivity index (χ0v) is 14.1. The van der Waals surface area contributed by atoms with Crippen molar-refractivity contribution in [1.29, 1.82) is 0 Å². The van der Waals surface area contributed by atoms with E-state index in [1.54, 1.807) is 11.6 Å². The predicted molar refractivity (Wildman–Crippen MR) is 91.7 cm³/mol. The summed E-state index contributed by atoms with van der Waals surface area (Å²) in [6.07, 6.45) is 4.41. The standard InChI is InChI=1S/C18H25N3O2/c1-12(2)6-8-14-5-4-10-21(14)17(22)13-7-9-15-16(11-13)20(3)18(23)19-15/h7,9,11-12,14H,4-6,8,10H2,1-3H3,(H,19,23)/t14-/m1/s1. The molecule has 0 radical (unpaired) electrons. The summed E-state index contributed by atoms with van der Waals surface area (Å²) >= 11 is 0. The van der Waals surface area contributed by atoms with E-state index >= 15 is 0 Å². The van der Waals surface area contributed by atoms with Crippen LogP contribution in [0.25, 0.3) is 11.0 Å². The van der Waals surface area contributed by atoms with Crippen molar-refractivity contribution >= 4 is 16.9 Å². The SMILES string of the molecule is CC(C)CC[C@H]1CCCN1C(=O)c1ccc2[nH]c(=O)n(C)c2c1. The molecular formula is C18H25N3O2. The highest BCUT2D eigenvalue weighted by atomic mass is 16.2. The van der Waals surface area contributed by atoms with Gasteiger partial charge in [0.15, 0.2) is 0 Å². The highest BCUT2D eigenvalue weighted by Crippen LogP contribution is 2.25. The summed E-state index contributed by atoms with van der Waals surface area (Å²) < 4.78 is 1.55. The highest BCUT2D eigenvalue weighted by molar-refractivity contribution is 5.97. The summed E-state index contributed by atoms with van der Waals surface area (Å²) in [5.74, 6) is 0.755. The summed E-state index contributed by atoms with van der Waals surface area (Å²) in [6.45, 7) is 5.29. The summed E-state index contributed by atoms with van der Waals surface area (Å²) in [5.41, 5.74) is 2.06. The third-order valence-corrected chi connectivity index (χ3v) is 4.87. The second kappa shape index (κ2) is 6.22. The largest absolute Gasteiger partial charge is 0.336 e. The molecule has 0 saturated carbocycles. The molecule has 1 N–H and O–H groups in total. The molecule has 1 aliphatic rings. The minimum Gasteiger partial charge on any atom is -0.336 e. The van der Waals surface area contributed by atoms with Gasteiger partial charge in [-0.05, 0) is 49.8 Å². The molecule has 5 nitrogen and oxygen atoms in total. The van der Waals surface area contributed by atoms with Crippen LogP contribution in [-0.2, 0) is 7.05 Å². The number of aryl methyl sites for hydroxylation is 1. The van der Waals surface area contributed by atoms with Crippen molar-refractivity contribution < 1.29 is 4.79 Å². The van der Waals surface area contributed by atoms with Crippen molar-refractivity contribution in [2.75, 3.05) is 6.54 Å². The maximum atomic E-state index is 12.9. The van der Waals surface area contributed by atoms with Crippen LogP contribution in [0.3, 0.4) is 0 Å². The second-order valence-electron chi connectivity index (χ2n) is 6.99. The maximum Gasteiger partial charge on any atom is 0.326 e. The number of likely N-dealkylation sites (tertiary alicyclic amines) is 1. The first kappa shape index (κ1) is 15.8. The summed E-state index contributed by atoms with van der Waals surface area (Å²) in [7, 11) is 1.72. The molecule has 5 heteroatoms. The predicted octanol–water partition coefficient (Wildman–Crippen LogP) is 2.91. The Hall–Kier alpha value is -2.04. The Morgan fingerprint density at radius 2 is 2.17 bits per heavy atom. The van der Waals surface area contributed by atoms with Crippen molar-refractivity contribution in [3.8, 4) is 0 Å². The molecule has 1 saturated heterocycles. The third-order valence-electron chi connectivity index (χ3n) is 4.87. The number of amides is 1. The van der Waals surface area contributed by atoms with E-state index in [-0.39, 0.29) is 11.6 Å². The van der Waals surface area contributed by atoms with Gasteiger partial charge in [0, 0.05) is 25.2 Å². The van der Waals surface area contributed by atoms with Crippen LogP contribution in [0.15, 0.2) is 23.0 Å². The topological polar surface area (TPSA) is 58.1 Å². The van der Waals surface area contributed by atoms with Crippen LogP contribution in [0.1, 0.15) is 49.9 Å². The number of nitrogens with zero attached hydrogens (tertiary/aromatic N) is 2. The molecule has 0 spiro atoms. The van der Waals surface area contributed by atoms with Gasteiger partial charge in [-0.2, -0.15) is 0 Å². The average molecular weight is 315 g/mol. The fraction of sp³-hybridized carbons (Fsp3) is 0.556. The van der Waals surface area contributed by atoms with Gasteiger partial charge in [-0.25, -0.2) is 4.79 Å². The lowest BCUT2D eigenvalue weighted by molar-refractivity contribution is 0.0726. The summed E-state index contributed by atoms with van der Waals surface area (Å²) in [5, 5.41) is 0. The quantitative estimate of drug-likeness (QED) is 0.943. The summed E-state index contributed by atoms with van der Waals surface area (Å²) in [6, 6.07) is 5.82. The molecule has 124 valence electrons. The lowest BCUT2D eigenvalue weighted by atomic mass is 10.0. The third kappa shape index (κ3) is 3.05. The van der Waals surface area contributed by atoms with E-state index in [2.05, 4.69) is 18.8 Å². The monoisotopic (exact) mass is 315 g/mol. The Balaban J connectivity index is 1.84. The van der Waals surface area contributed by atoms with E-state index in [1.165, 1.54) is 0 Å². The molecule has 2 aromatic rings. The van der Waals surface area contributed by atoms with Gasteiger partial charge in [0.2, 0.25) is 0 Å². The van der Waals surface area contributed by atoms with Crippen LogP contribution in [0, 0.1) is 5.92 Å². The number of fused-ring (bicyclic) bond motifs is 1. The first-order valence-electron chi connectivity index (χ1n) is 8.47. The van der Waals surface area contributed by atoms with Gasteiger partial charge in [0.25, 0.3) is 5.91 Å². The molecule has 1 atom stereocenters. The lowest BCUT2D eigenvalue weighted by Crippen LogP contribution is -2.35. The number of rotatable bonds is 4. The first-order chi connectivity index (χ1) is 11.0. The van der Waals surface area contributed by atoms with Gasteiger partial charge in [-0.1, -0.05) is 13.8 Å². The molecule has 1 fully saturated rings. The number of carbonyl (C=O) groups is 1. The van der Waals surface area contributed by atoms with E-state index < -0.39 is 0 Å². The average Bonchev–Trinajstić information content (AvgIpc) is 3.10.